The molecule has 2 aliphatic rings. The van der Waals surface area contributed by atoms with E-state index >= 15 is 0 Å². The summed E-state index contributed by atoms with van der Waals surface area (Å²) in [6.45, 7) is 6.64. The number of nitrogens with one attached hydrogen (secondary N) is 2. The van der Waals surface area contributed by atoms with Crippen molar-refractivity contribution in [3.8, 4) is 0 Å². The fourth-order valence-electron chi connectivity index (χ4n) is 3.39. The van der Waals surface area contributed by atoms with Crippen LogP contribution >= 0.6 is 11.3 Å². The lowest BCUT2D eigenvalue weighted by molar-refractivity contribution is -0.124. The minimum atomic E-state index is -0.307. The number of amides is 2. The van der Waals surface area contributed by atoms with Crippen LogP contribution in [0.1, 0.15) is 28.9 Å². The fraction of sp³-hybridized carbons (Fsp3) is 0.647. The van der Waals surface area contributed by atoms with E-state index < -0.39 is 0 Å². The predicted octanol–water partition coefficient (Wildman–Crippen LogP) is 0.764. The van der Waals surface area contributed by atoms with Gasteiger partial charge in [-0.15, -0.1) is 11.3 Å². The Morgan fingerprint density at radius 1 is 1.29 bits per heavy atom. The number of hydrogen-bond donors (Lipinski definition) is 2. The predicted molar refractivity (Wildman–Crippen MR) is 95.3 cm³/mol. The van der Waals surface area contributed by atoms with Crippen LogP contribution in [-0.2, 0) is 4.79 Å². The van der Waals surface area contributed by atoms with E-state index in [1.54, 1.807) is 4.90 Å². The monoisotopic (exact) mass is 350 g/mol. The third-order valence-electron chi connectivity index (χ3n) is 4.71. The summed E-state index contributed by atoms with van der Waals surface area (Å²) >= 11 is 1.44. The number of hydrogen-bond acceptors (Lipinski definition) is 5. The van der Waals surface area contributed by atoms with Crippen molar-refractivity contribution >= 4 is 23.2 Å². The van der Waals surface area contributed by atoms with Crippen molar-refractivity contribution in [2.75, 3.05) is 45.8 Å². The van der Waals surface area contributed by atoms with Crippen molar-refractivity contribution in [2.45, 2.75) is 25.3 Å². The molecular weight excluding hydrogens is 324 g/mol. The molecule has 0 spiro atoms. The summed E-state index contributed by atoms with van der Waals surface area (Å²) in [6.07, 6.45) is 2.62. The first-order valence-corrected chi connectivity index (χ1v) is 9.69. The first kappa shape index (κ1) is 17.4. The highest BCUT2D eigenvalue weighted by Gasteiger charge is 2.34. The van der Waals surface area contributed by atoms with Crippen LogP contribution in [0.4, 0.5) is 0 Å². The van der Waals surface area contributed by atoms with E-state index in [9.17, 15) is 9.59 Å². The van der Waals surface area contributed by atoms with Gasteiger partial charge >= 0.3 is 0 Å². The zero-order valence-electron chi connectivity index (χ0n) is 14.0. The molecule has 0 radical (unpaired) electrons. The summed E-state index contributed by atoms with van der Waals surface area (Å²) in [5.74, 6) is -0.0128. The molecule has 24 heavy (non-hydrogen) atoms. The Hall–Kier alpha value is -1.44. The molecule has 6 nitrogen and oxygen atoms in total. The highest BCUT2D eigenvalue weighted by molar-refractivity contribution is 7.12. The highest BCUT2D eigenvalue weighted by Crippen LogP contribution is 2.22. The summed E-state index contributed by atoms with van der Waals surface area (Å²) < 4.78 is 0. The van der Waals surface area contributed by atoms with Crippen LogP contribution in [0.3, 0.4) is 0 Å². The van der Waals surface area contributed by atoms with E-state index in [0.29, 0.717) is 18.0 Å². The van der Waals surface area contributed by atoms with Gasteiger partial charge in [-0.2, -0.15) is 0 Å². The Morgan fingerprint density at radius 3 is 2.88 bits per heavy atom. The molecule has 0 bridgehead atoms. The second-order valence-corrected chi connectivity index (χ2v) is 7.32. The Morgan fingerprint density at radius 2 is 2.12 bits per heavy atom. The molecule has 2 aliphatic heterocycles. The van der Waals surface area contributed by atoms with Gasteiger partial charge in [0.1, 0.15) is 6.04 Å². The zero-order valence-corrected chi connectivity index (χ0v) is 14.8. The van der Waals surface area contributed by atoms with Gasteiger partial charge in [0, 0.05) is 39.3 Å². The number of piperazine rings is 1. The highest BCUT2D eigenvalue weighted by atomic mass is 32.1. The Balaban J connectivity index is 1.42. The smallest absolute Gasteiger partial charge is 0.264 e. The number of likely N-dealkylation sites (tertiary alicyclic amines) is 1. The molecule has 2 amide bonds. The molecule has 132 valence electrons. The van der Waals surface area contributed by atoms with E-state index in [0.717, 1.165) is 52.0 Å². The van der Waals surface area contributed by atoms with E-state index in [1.807, 2.05) is 17.5 Å². The summed E-state index contributed by atoms with van der Waals surface area (Å²) in [7, 11) is 0. The molecule has 3 rings (SSSR count). The summed E-state index contributed by atoms with van der Waals surface area (Å²) in [4.78, 5) is 29.8. The maximum atomic E-state index is 12.5. The molecule has 2 N–H and O–H groups in total. The van der Waals surface area contributed by atoms with Gasteiger partial charge in [0.15, 0.2) is 0 Å². The molecule has 0 aliphatic carbocycles. The van der Waals surface area contributed by atoms with Crippen molar-refractivity contribution in [2.24, 2.45) is 0 Å². The second-order valence-electron chi connectivity index (χ2n) is 6.37. The van der Waals surface area contributed by atoms with Crippen LogP contribution in [0.2, 0.25) is 0 Å². The van der Waals surface area contributed by atoms with Gasteiger partial charge in [0.05, 0.1) is 4.88 Å². The topological polar surface area (TPSA) is 64.7 Å². The quantitative estimate of drug-likeness (QED) is 0.744. The Kier molecular flexibility index (Phi) is 6.23. The number of carbonyl (C=O) groups excluding carboxylic acids is 2. The summed E-state index contributed by atoms with van der Waals surface area (Å²) in [6, 6.07) is 3.39. The Labute approximate surface area is 147 Å². The fourth-order valence-corrected chi connectivity index (χ4v) is 4.07. The van der Waals surface area contributed by atoms with Crippen LogP contribution in [0.15, 0.2) is 17.5 Å². The van der Waals surface area contributed by atoms with Crippen molar-refractivity contribution < 1.29 is 9.59 Å². The first-order chi connectivity index (χ1) is 11.8. The summed E-state index contributed by atoms with van der Waals surface area (Å²) in [5, 5.41) is 8.26. The van der Waals surface area contributed by atoms with Gasteiger partial charge in [0.25, 0.3) is 5.91 Å². The Bertz CT molecular complexity index is 543. The molecule has 2 fully saturated rings. The number of thiophene rings is 1. The van der Waals surface area contributed by atoms with Gasteiger partial charge in [-0.1, -0.05) is 6.07 Å². The molecule has 0 aromatic carbocycles. The molecule has 2 saturated heterocycles. The van der Waals surface area contributed by atoms with Gasteiger partial charge in [-0.05, 0) is 37.3 Å². The maximum Gasteiger partial charge on any atom is 0.264 e. The van der Waals surface area contributed by atoms with E-state index in [-0.39, 0.29) is 17.9 Å². The third-order valence-corrected chi connectivity index (χ3v) is 5.57. The number of rotatable bonds is 6. The first-order valence-electron chi connectivity index (χ1n) is 8.81. The average Bonchev–Trinajstić information content (AvgIpc) is 3.30. The minimum Gasteiger partial charge on any atom is -0.354 e. The molecule has 1 unspecified atom stereocenters. The van der Waals surface area contributed by atoms with Crippen molar-refractivity contribution in [1.29, 1.82) is 0 Å². The van der Waals surface area contributed by atoms with Gasteiger partial charge in [-0.25, -0.2) is 0 Å². The lowest BCUT2D eigenvalue weighted by Crippen LogP contribution is -2.47. The van der Waals surface area contributed by atoms with Gasteiger partial charge in [0.2, 0.25) is 5.91 Å². The second kappa shape index (κ2) is 8.60. The molecule has 0 saturated carbocycles. The third kappa shape index (κ3) is 4.34. The van der Waals surface area contributed by atoms with Gasteiger partial charge in [-0.3, -0.25) is 9.59 Å². The standard InChI is InChI=1S/C17H26N4O2S/c22-16(19-6-3-9-20-11-7-18-8-12-20)14-4-1-10-21(14)17(23)15-5-2-13-24-15/h2,5,13-14,18H,1,3-4,6-12H2,(H,19,22). The number of carbonyl (C=O) groups is 2. The van der Waals surface area contributed by atoms with Crippen LogP contribution in [0.25, 0.3) is 0 Å². The number of nitrogens with zero attached hydrogens (tertiary/aromatic N) is 2. The van der Waals surface area contributed by atoms with E-state index in [2.05, 4.69) is 15.5 Å². The van der Waals surface area contributed by atoms with Crippen molar-refractivity contribution in [3.63, 3.8) is 0 Å². The van der Waals surface area contributed by atoms with Gasteiger partial charge < -0.3 is 20.4 Å². The van der Waals surface area contributed by atoms with Crippen molar-refractivity contribution in [3.05, 3.63) is 22.4 Å². The van der Waals surface area contributed by atoms with Crippen LogP contribution in [0, 0.1) is 0 Å². The van der Waals surface area contributed by atoms with E-state index in [4.69, 9.17) is 0 Å². The molecular formula is C17H26N4O2S. The van der Waals surface area contributed by atoms with Crippen molar-refractivity contribution in [1.82, 2.24) is 20.4 Å². The van der Waals surface area contributed by atoms with E-state index in [1.165, 1.54) is 11.3 Å². The molecule has 7 heteroatoms. The average molecular weight is 350 g/mol. The summed E-state index contributed by atoms with van der Waals surface area (Å²) in [5.41, 5.74) is 0. The minimum absolute atomic E-state index is 0.00211. The molecule has 3 heterocycles. The zero-order chi connectivity index (χ0) is 16.8. The lowest BCUT2D eigenvalue weighted by atomic mass is 10.2. The largest absolute Gasteiger partial charge is 0.354 e. The molecule has 1 aromatic rings. The lowest BCUT2D eigenvalue weighted by Gasteiger charge is -2.27. The van der Waals surface area contributed by atoms with Crippen LogP contribution in [-0.4, -0.2) is 73.5 Å². The molecule has 1 atom stereocenters. The molecule has 1 aromatic heterocycles. The normalized spacial score (nSPS) is 21.8. The maximum absolute atomic E-state index is 12.5. The van der Waals surface area contributed by atoms with Crippen LogP contribution < -0.4 is 10.6 Å². The van der Waals surface area contributed by atoms with Crippen LogP contribution in [0.5, 0.6) is 0 Å². The SMILES string of the molecule is O=C(NCCCN1CCNCC1)C1CCCN1C(=O)c1cccs1.